The molecule has 0 saturated heterocycles. The van der Waals surface area contributed by atoms with Gasteiger partial charge in [-0.3, -0.25) is 0 Å². The van der Waals surface area contributed by atoms with Crippen LogP contribution in [0.3, 0.4) is 0 Å². The minimum atomic E-state index is 0.579. The molecule has 2 aromatic rings. The van der Waals surface area contributed by atoms with E-state index in [4.69, 9.17) is 14.2 Å². The Hall–Kier alpha value is -2.54. The van der Waals surface area contributed by atoms with E-state index in [2.05, 4.69) is 20.6 Å². The number of anilines is 3. The molecule has 1 aromatic heterocycles. The highest BCUT2D eigenvalue weighted by Crippen LogP contribution is 2.31. The summed E-state index contributed by atoms with van der Waals surface area (Å²) in [5.74, 6) is 2.71. The molecule has 0 bridgehead atoms. The summed E-state index contributed by atoms with van der Waals surface area (Å²) in [6, 6.07) is 7.43. The molecule has 130 valence electrons. The van der Waals surface area contributed by atoms with Crippen LogP contribution in [-0.4, -0.2) is 44.4 Å². The maximum atomic E-state index is 5.38. The van der Waals surface area contributed by atoms with E-state index in [1.807, 2.05) is 31.2 Å². The summed E-state index contributed by atoms with van der Waals surface area (Å²) in [6.07, 6.45) is 0.889. The average Bonchev–Trinajstić information content (AvgIpc) is 2.58. The monoisotopic (exact) mass is 332 g/mol. The number of rotatable bonds is 9. The predicted molar refractivity (Wildman–Crippen MR) is 94.6 cm³/mol. The number of ether oxygens (including phenoxy) is 3. The van der Waals surface area contributed by atoms with Crippen molar-refractivity contribution in [3.63, 3.8) is 0 Å². The fraction of sp³-hybridized carbons (Fsp3) is 0.412. The summed E-state index contributed by atoms with van der Waals surface area (Å²) in [6.45, 7) is 3.38. The Bertz CT molecular complexity index is 664. The van der Waals surface area contributed by atoms with Crippen LogP contribution < -0.4 is 20.1 Å². The number of methoxy groups -OCH3 is 3. The lowest BCUT2D eigenvalue weighted by Gasteiger charge is -2.13. The first-order chi connectivity index (χ1) is 11.7. The molecule has 7 heteroatoms. The minimum Gasteiger partial charge on any atom is -0.497 e. The van der Waals surface area contributed by atoms with Gasteiger partial charge in [0.2, 0.25) is 5.95 Å². The lowest BCUT2D eigenvalue weighted by Crippen LogP contribution is -2.09. The van der Waals surface area contributed by atoms with Crippen LogP contribution in [0.1, 0.15) is 12.1 Å². The van der Waals surface area contributed by atoms with Gasteiger partial charge in [0, 0.05) is 38.1 Å². The van der Waals surface area contributed by atoms with E-state index in [0.29, 0.717) is 24.1 Å². The second-order valence-electron chi connectivity index (χ2n) is 5.18. The summed E-state index contributed by atoms with van der Waals surface area (Å²) in [4.78, 5) is 8.88. The van der Waals surface area contributed by atoms with Gasteiger partial charge in [-0.1, -0.05) is 0 Å². The van der Waals surface area contributed by atoms with Crippen molar-refractivity contribution in [2.24, 2.45) is 0 Å². The molecule has 0 aliphatic heterocycles. The first kappa shape index (κ1) is 17.8. The maximum Gasteiger partial charge on any atom is 0.224 e. The number of hydrogen-bond donors (Lipinski definition) is 2. The van der Waals surface area contributed by atoms with Crippen LogP contribution in [0.4, 0.5) is 17.5 Å². The maximum absolute atomic E-state index is 5.38. The SMILES string of the molecule is COCCCNc1nc(C)cc(Nc2cc(OC)ccc2OC)n1. The van der Waals surface area contributed by atoms with Crippen molar-refractivity contribution in [3.8, 4) is 11.5 Å². The van der Waals surface area contributed by atoms with Gasteiger partial charge in [-0.25, -0.2) is 4.98 Å². The predicted octanol–water partition coefficient (Wildman–Crippen LogP) is 2.99. The van der Waals surface area contributed by atoms with E-state index in [0.717, 1.165) is 30.1 Å². The molecule has 0 aliphatic carbocycles. The van der Waals surface area contributed by atoms with Gasteiger partial charge in [0.1, 0.15) is 17.3 Å². The molecule has 7 nitrogen and oxygen atoms in total. The van der Waals surface area contributed by atoms with Gasteiger partial charge in [0.15, 0.2) is 0 Å². The van der Waals surface area contributed by atoms with Gasteiger partial charge in [0.05, 0.1) is 19.9 Å². The number of nitrogens with zero attached hydrogens (tertiary/aromatic N) is 2. The Morgan fingerprint density at radius 2 is 1.88 bits per heavy atom. The largest absolute Gasteiger partial charge is 0.497 e. The zero-order chi connectivity index (χ0) is 17.4. The molecular formula is C17H24N4O3. The lowest BCUT2D eigenvalue weighted by atomic mass is 10.2. The molecule has 0 atom stereocenters. The van der Waals surface area contributed by atoms with Gasteiger partial charge < -0.3 is 24.8 Å². The van der Waals surface area contributed by atoms with E-state index < -0.39 is 0 Å². The number of aromatic nitrogens is 2. The van der Waals surface area contributed by atoms with E-state index in [1.54, 1.807) is 21.3 Å². The highest BCUT2D eigenvalue weighted by Gasteiger charge is 2.08. The average molecular weight is 332 g/mol. The van der Waals surface area contributed by atoms with Crippen molar-refractivity contribution in [1.29, 1.82) is 0 Å². The summed E-state index contributed by atoms with van der Waals surface area (Å²) >= 11 is 0. The third-order valence-electron chi connectivity index (χ3n) is 3.33. The van der Waals surface area contributed by atoms with Crippen LogP contribution in [-0.2, 0) is 4.74 Å². The molecule has 0 radical (unpaired) electrons. The van der Waals surface area contributed by atoms with Crippen LogP contribution in [0.2, 0.25) is 0 Å². The van der Waals surface area contributed by atoms with Gasteiger partial charge in [-0.2, -0.15) is 4.98 Å². The van der Waals surface area contributed by atoms with Crippen molar-refractivity contribution in [2.45, 2.75) is 13.3 Å². The molecule has 0 spiro atoms. The third kappa shape index (κ3) is 4.99. The smallest absolute Gasteiger partial charge is 0.224 e. The summed E-state index contributed by atoms with van der Waals surface area (Å²) in [7, 11) is 4.94. The molecule has 1 heterocycles. The van der Waals surface area contributed by atoms with E-state index in [1.165, 1.54) is 0 Å². The topological polar surface area (TPSA) is 77.5 Å². The Morgan fingerprint density at radius 1 is 1.04 bits per heavy atom. The molecule has 0 aliphatic rings. The molecule has 1 aromatic carbocycles. The molecule has 0 fully saturated rings. The van der Waals surface area contributed by atoms with Crippen molar-refractivity contribution in [1.82, 2.24) is 9.97 Å². The van der Waals surface area contributed by atoms with Crippen molar-refractivity contribution >= 4 is 17.5 Å². The van der Waals surface area contributed by atoms with Crippen LogP contribution in [0.15, 0.2) is 24.3 Å². The quantitative estimate of drug-likeness (QED) is 0.684. The molecule has 2 rings (SSSR count). The Kier molecular flexibility index (Phi) is 6.62. The lowest BCUT2D eigenvalue weighted by molar-refractivity contribution is 0.197. The van der Waals surface area contributed by atoms with Crippen LogP contribution >= 0.6 is 0 Å². The van der Waals surface area contributed by atoms with Crippen LogP contribution in [0.25, 0.3) is 0 Å². The molecular weight excluding hydrogens is 308 g/mol. The second-order valence-corrected chi connectivity index (χ2v) is 5.18. The summed E-state index contributed by atoms with van der Waals surface area (Å²) < 4.78 is 15.7. The zero-order valence-corrected chi connectivity index (χ0v) is 14.5. The number of nitrogens with one attached hydrogen (secondary N) is 2. The van der Waals surface area contributed by atoms with Gasteiger partial charge in [-0.05, 0) is 25.5 Å². The molecule has 0 unspecified atom stereocenters. The van der Waals surface area contributed by atoms with E-state index >= 15 is 0 Å². The third-order valence-corrected chi connectivity index (χ3v) is 3.33. The standard InChI is InChI=1S/C17H24N4O3/c1-12-10-16(21-17(19-12)18-8-5-9-22-2)20-14-11-13(23-3)6-7-15(14)24-4/h6-7,10-11H,5,8-9H2,1-4H3,(H2,18,19,20,21). The fourth-order valence-corrected chi connectivity index (χ4v) is 2.18. The highest BCUT2D eigenvalue weighted by molar-refractivity contribution is 5.66. The summed E-state index contributed by atoms with van der Waals surface area (Å²) in [5.41, 5.74) is 1.64. The molecule has 24 heavy (non-hydrogen) atoms. The van der Waals surface area contributed by atoms with Crippen LogP contribution in [0, 0.1) is 6.92 Å². The van der Waals surface area contributed by atoms with Gasteiger partial charge in [0.25, 0.3) is 0 Å². The van der Waals surface area contributed by atoms with Gasteiger partial charge >= 0.3 is 0 Å². The first-order valence-electron chi connectivity index (χ1n) is 7.74. The van der Waals surface area contributed by atoms with Crippen molar-refractivity contribution in [3.05, 3.63) is 30.0 Å². The van der Waals surface area contributed by atoms with Crippen molar-refractivity contribution < 1.29 is 14.2 Å². The number of benzene rings is 1. The highest BCUT2D eigenvalue weighted by atomic mass is 16.5. The minimum absolute atomic E-state index is 0.579. The normalized spacial score (nSPS) is 10.3. The fourth-order valence-electron chi connectivity index (χ4n) is 2.18. The number of aryl methyl sites for hydroxylation is 1. The van der Waals surface area contributed by atoms with Gasteiger partial charge in [-0.15, -0.1) is 0 Å². The summed E-state index contributed by atoms with van der Waals surface area (Å²) in [5, 5.41) is 6.46. The molecule has 0 saturated carbocycles. The molecule has 2 N–H and O–H groups in total. The van der Waals surface area contributed by atoms with Crippen molar-refractivity contribution in [2.75, 3.05) is 45.1 Å². The number of hydrogen-bond acceptors (Lipinski definition) is 7. The molecule has 0 amide bonds. The van der Waals surface area contributed by atoms with E-state index in [-0.39, 0.29) is 0 Å². The zero-order valence-electron chi connectivity index (χ0n) is 14.5. The van der Waals surface area contributed by atoms with E-state index in [9.17, 15) is 0 Å². The Morgan fingerprint density at radius 3 is 2.58 bits per heavy atom. The first-order valence-corrected chi connectivity index (χ1v) is 7.74. The Labute approximate surface area is 142 Å². The second kappa shape index (κ2) is 8.93. The Balaban J connectivity index is 2.15. The van der Waals surface area contributed by atoms with Crippen LogP contribution in [0.5, 0.6) is 11.5 Å².